The summed E-state index contributed by atoms with van der Waals surface area (Å²) < 4.78 is 11.3. The van der Waals surface area contributed by atoms with E-state index in [2.05, 4.69) is 138 Å². The monoisotopic (exact) mass is 670 g/mol. The van der Waals surface area contributed by atoms with Crippen LogP contribution in [0.5, 0.6) is 0 Å². The van der Waals surface area contributed by atoms with E-state index in [1.54, 1.807) is 11.3 Å². The quantitative estimate of drug-likeness (QED) is 0.187. The molecule has 0 atom stereocenters. The fraction of sp³-hybridized carbons (Fsp3) is 0. The van der Waals surface area contributed by atoms with E-state index in [9.17, 15) is 0 Å². The van der Waals surface area contributed by atoms with Crippen molar-refractivity contribution in [2.24, 2.45) is 0 Å². The van der Waals surface area contributed by atoms with Gasteiger partial charge in [0.2, 0.25) is 0 Å². The summed E-state index contributed by atoms with van der Waals surface area (Å²) >= 11 is 1.79. The summed E-state index contributed by atoms with van der Waals surface area (Å²) in [7, 11) is 0. The van der Waals surface area contributed by atoms with Crippen LogP contribution in [0.4, 0.5) is 0 Å². The van der Waals surface area contributed by atoms with Crippen LogP contribution in [-0.4, -0.2) is 19.5 Å². The van der Waals surface area contributed by atoms with Crippen molar-refractivity contribution >= 4 is 75.3 Å². The molecule has 238 valence electrons. The molecule has 0 unspecified atom stereocenters. The van der Waals surface area contributed by atoms with Crippen LogP contribution >= 0.6 is 11.3 Å². The zero-order valence-corrected chi connectivity index (χ0v) is 27.9. The van der Waals surface area contributed by atoms with Gasteiger partial charge in [-0.05, 0) is 60.7 Å². The topological polar surface area (TPSA) is 56.7 Å². The second kappa shape index (κ2) is 10.9. The summed E-state index contributed by atoms with van der Waals surface area (Å²) in [4.78, 5) is 15.7. The molecule has 5 nitrogen and oxygen atoms in total. The average Bonchev–Trinajstić information content (AvgIpc) is 3.87. The van der Waals surface area contributed by atoms with Gasteiger partial charge in [0.1, 0.15) is 11.2 Å². The maximum absolute atomic E-state index is 6.49. The molecular formula is C45H26N4OS. The average molecular weight is 671 g/mol. The molecule has 0 spiro atoms. The Balaban J connectivity index is 1.19. The van der Waals surface area contributed by atoms with Crippen molar-refractivity contribution in [3.8, 4) is 39.9 Å². The Labute approximate surface area is 295 Å². The van der Waals surface area contributed by atoms with Crippen LogP contribution < -0.4 is 0 Å². The summed E-state index contributed by atoms with van der Waals surface area (Å²) in [5.41, 5.74) is 7.74. The van der Waals surface area contributed by atoms with Crippen molar-refractivity contribution in [1.29, 1.82) is 0 Å². The minimum atomic E-state index is 0.572. The van der Waals surface area contributed by atoms with Crippen LogP contribution in [0.1, 0.15) is 0 Å². The number of furan rings is 1. The lowest BCUT2D eigenvalue weighted by molar-refractivity contribution is 0.669. The first-order valence-corrected chi connectivity index (χ1v) is 17.8. The lowest BCUT2D eigenvalue weighted by Gasteiger charge is -2.11. The molecule has 0 bridgehead atoms. The fourth-order valence-corrected chi connectivity index (χ4v) is 8.73. The first-order valence-electron chi connectivity index (χ1n) is 16.9. The molecule has 0 N–H and O–H groups in total. The van der Waals surface area contributed by atoms with Crippen LogP contribution in [0.25, 0.3) is 104 Å². The zero-order chi connectivity index (χ0) is 33.5. The lowest BCUT2D eigenvalue weighted by Crippen LogP contribution is -2.01. The Hall–Kier alpha value is -6.63. The Morgan fingerprint density at radius 2 is 1.10 bits per heavy atom. The molecule has 51 heavy (non-hydrogen) atoms. The molecular weight excluding hydrogens is 645 g/mol. The van der Waals surface area contributed by atoms with Crippen LogP contribution in [0.15, 0.2) is 162 Å². The number of nitrogens with zero attached hydrogens (tertiary/aromatic N) is 4. The maximum Gasteiger partial charge on any atom is 0.167 e. The van der Waals surface area contributed by atoms with E-state index in [0.29, 0.717) is 17.5 Å². The number of aromatic nitrogens is 4. The fourth-order valence-electron chi connectivity index (χ4n) is 7.60. The van der Waals surface area contributed by atoms with E-state index in [1.807, 2.05) is 24.3 Å². The predicted molar refractivity (Wildman–Crippen MR) is 211 cm³/mol. The van der Waals surface area contributed by atoms with E-state index in [-0.39, 0.29) is 0 Å². The van der Waals surface area contributed by atoms with E-state index < -0.39 is 0 Å². The van der Waals surface area contributed by atoms with E-state index in [0.717, 1.165) is 66.1 Å². The Morgan fingerprint density at radius 1 is 0.451 bits per heavy atom. The zero-order valence-electron chi connectivity index (χ0n) is 27.1. The first-order chi connectivity index (χ1) is 25.3. The van der Waals surface area contributed by atoms with Crippen molar-refractivity contribution < 1.29 is 4.42 Å². The van der Waals surface area contributed by atoms with Crippen LogP contribution in [0, 0.1) is 0 Å². The second-order valence-corrected chi connectivity index (χ2v) is 13.9. The summed E-state index contributed by atoms with van der Waals surface area (Å²) in [6.45, 7) is 0. The number of para-hydroxylation sites is 4. The Morgan fingerprint density at radius 3 is 2.00 bits per heavy atom. The van der Waals surface area contributed by atoms with Gasteiger partial charge in [-0.15, -0.1) is 11.3 Å². The highest BCUT2D eigenvalue weighted by Crippen LogP contribution is 2.41. The molecule has 4 heterocycles. The second-order valence-electron chi connectivity index (χ2n) is 12.8. The van der Waals surface area contributed by atoms with E-state index in [4.69, 9.17) is 19.4 Å². The molecule has 4 aromatic heterocycles. The first kappa shape index (κ1) is 28.2. The molecule has 0 amide bonds. The number of hydrogen-bond donors (Lipinski definition) is 0. The Bertz CT molecular complexity index is 3150. The summed E-state index contributed by atoms with van der Waals surface area (Å²) in [5.74, 6) is 1.81. The molecule has 6 heteroatoms. The number of fused-ring (bicyclic) bond motifs is 9. The molecule has 0 aliphatic rings. The van der Waals surface area contributed by atoms with E-state index >= 15 is 0 Å². The summed E-state index contributed by atoms with van der Waals surface area (Å²) in [5, 5.41) is 6.78. The smallest absolute Gasteiger partial charge is 0.167 e. The third kappa shape index (κ3) is 4.30. The molecule has 0 aliphatic heterocycles. The highest BCUT2D eigenvalue weighted by molar-refractivity contribution is 7.25. The molecule has 11 aromatic rings. The van der Waals surface area contributed by atoms with Gasteiger partial charge in [-0.3, -0.25) is 0 Å². The van der Waals surface area contributed by atoms with Crippen molar-refractivity contribution in [3.63, 3.8) is 0 Å². The van der Waals surface area contributed by atoms with Gasteiger partial charge in [0.25, 0.3) is 0 Å². The van der Waals surface area contributed by atoms with Crippen molar-refractivity contribution in [3.05, 3.63) is 158 Å². The summed E-state index contributed by atoms with van der Waals surface area (Å²) in [6.07, 6.45) is 0. The third-order valence-electron chi connectivity index (χ3n) is 9.87. The third-order valence-corrected chi connectivity index (χ3v) is 11.0. The van der Waals surface area contributed by atoms with Gasteiger partial charge in [0, 0.05) is 58.5 Å². The molecule has 0 saturated heterocycles. The molecule has 0 saturated carbocycles. The number of rotatable bonds is 4. The van der Waals surface area contributed by atoms with Crippen molar-refractivity contribution in [2.75, 3.05) is 0 Å². The van der Waals surface area contributed by atoms with Crippen molar-refractivity contribution in [1.82, 2.24) is 19.5 Å². The highest BCUT2D eigenvalue weighted by Gasteiger charge is 2.21. The molecule has 0 radical (unpaired) electrons. The van der Waals surface area contributed by atoms with Gasteiger partial charge >= 0.3 is 0 Å². The van der Waals surface area contributed by atoms with Crippen LogP contribution in [-0.2, 0) is 0 Å². The van der Waals surface area contributed by atoms with Gasteiger partial charge in [0.05, 0.1) is 16.6 Å². The molecule has 0 aliphatic carbocycles. The molecule has 7 aromatic carbocycles. The van der Waals surface area contributed by atoms with Crippen LogP contribution in [0.3, 0.4) is 0 Å². The van der Waals surface area contributed by atoms with Gasteiger partial charge in [-0.2, -0.15) is 0 Å². The SMILES string of the molecule is c1ccc(-n2c3ccccc3c3cc(-c4nc(-c5cccc6c5oc5ccccc56)nc(-c5cccc6sc7ccccc7c56)n4)ccc32)cc1. The van der Waals surface area contributed by atoms with Gasteiger partial charge in [-0.1, -0.05) is 97.1 Å². The van der Waals surface area contributed by atoms with Gasteiger partial charge in [0.15, 0.2) is 17.5 Å². The van der Waals surface area contributed by atoms with E-state index in [1.165, 1.54) is 20.2 Å². The number of thiophene rings is 1. The summed E-state index contributed by atoms with van der Waals surface area (Å²) in [6, 6.07) is 54.9. The lowest BCUT2D eigenvalue weighted by atomic mass is 10.0. The van der Waals surface area contributed by atoms with Gasteiger partial charge in [-0.25, -0.2) is 15.0 Å². The molecule has 11 rings (SSSR count). The largest absolute Gasteiger partial charge is 0.455 e. The predicted octanol–water partition coefficient (Wildman–Crippen LogP) is 12.2. The number of benzene rings is 7. The Kier molecular flexibility index (Phi) is 6.05. The number of hydrogen-bond acceptors (Lipinski definition) is 5. The van der Waals surface area contributed by atoms with Crippen molar-refractivity contribution in [2.45, 2.75) is 0 Å². The maximum atomic E-state index is 6.49. The van der Waals surface area contributed by atoms with Crippen LogP contribution in [0.2, 0.25) is 0 Å². The standard InChI is InChI=1S/C45H26N4OS/c1-2-12-28(13-3-1)49-36-20-7-4-14-29(36)35-26-27(24-25-37(35)49)43-46-44(33-18-11-23-40-41(33)32-16-6-9-22-39(32)51-40)48-45(47-43)34-19-10-17-31-30-15-5-8-21-38(30)50-42(31)34/h1-26H. The molecule has 0 fully saturated rings. The highest BCUT2D eigenvalue weighted by atomic mass is 32.1. The minimum absolute atomic E-state index is 0.572. The van der Waals surface area contributed by atoms with Gasteiger partial charge < -0.3 is 8.98 Å². The minimum Gasteiger partial charge on any atom is -0.455 e. The normalized spacial score (nSPS) is 11.9.